The largest absolute Gasteiger partial charge is 0.489 e. The number of nitriles is 1. The maximum atomic E-state index is 12.7. The Kier molecular flexibility index (Phi) is 6.65. The van der Waals surface area contributed by atoms with Crippen molar-refractivity contribution in [2.75, 3.05) is 6.61 Å². The molecule has 0 fully saturated rings. The molecule has 1 aliphatic rings. The van der Waals surface area contributed by atoms with Gasteiger partial charge in [-0.25, -0.2) is 4.79 Å². The zero-order valence-corrected chi connectivity index (χ0v) is 17.4. The van der Waals surface area contributed by atoms with Crippen LogP contribution < -0.4 is 10.5 Å². The average molecular weight is 425 g/mol. The fourth-order valence-corrected chi connectivity index (χ4v) is 3.46. The summed E-state index contributed by atoms with van der Waals surface area (Å²) in [5.74, 6) is -0.738. The van der Waals surface area contributed by atoms with Gasteiger partial charge >= 0.3 is 5.97 Å². The van der Waals surface area contributed by atoms with E-state index in [-0.39, 0.29) is 29.4 Å². The number of halogens is 1. The van der Waals surface area contributed by atoms with Crippen LogP contribution in [0.25, 0.3) is 0 Å². The predicted molar refractivity (Wildman–Crippen MR) is 112 cm³/mol. The minimum Gasteiger partial charge on any atom is -0.489 e. The summed E-state index contributed by atoms with van der Waals surface area (Å²) in [4.78, 5) is 12.7. The van der Waals surface area contributed by atoms with Crippen molar-refractivity contribution in [1.29, 1.82) is 5.26 Å². The van der Waals surface area contributed by atoms with Crippen LogP contribution in [0.2, 0.25) is 5.02 Å². The van der Waals surface area contributed by atoms with Crippen molar-refractivity contribution in [2.45, 2.75) is 26.4 Å². The third-order valence-corrected chi connectivity index (χ3v) is 4.86. The number of carbonyl (C=O) groups is 1. The van der Waals surface area contributed by atoms with E-state index in [0.717, 1.165) is 5.56 Å². The molecule has 2 aromatic carbocycles. The molecule has 3 rings (SSSR count). The number of carbonyl (C=O) groups excluding carboxylic acids is 1. The number of hydrogen-bond acceptors (Lipinski definition) is 6. The number of ether oxygens (including phenoxy) is 3. The van der Waals surface area contributed by atoms with Crippen molar-refractivity contribution in [3.8, 4) is 11.8 Å². The third kappa shape index (κ3) is 4.42. The van der Waals surface area contributed by atoms with Gasteiger partial charge in [-0.1, -0.05) is 41.9 Å². The monoisotopic (exact) mass is 424 g/mol. The van der Waals surface area contributed by atoms with E-state index < -0.39 is 11.9 Å². The molecule has 154 valence electrons. The topological polar surface area (TPSA) is 94.6 Å². The fraction of sp³-hybridized carbons (Fsp3) is 0.217. The zero-order chi connectivity index (χ0) is 21.7. The molecule has 6 nitrogen and oxygen atoms in total. The summed E-state index contributed by atoms with van der Waals surface area (Å²) in [5.41, 5.74) is 7.76. The molecule has 1 unspecified atom stereocenters. The van der Waals surface area contributed by atoms with Gasteiger partial charge in [0.05, 0.1) is 18.1 Å². The molecule has 1 aliphatic heterocycles. The normalized spacial score (nSPS) is 16.0. The lowest BCUT2D eigenvalue weighted by atomic mass is 9.82. The molecule has 0 spiro atoms. The number of nitrogens with zero attached hydrogens (tertiary/aromatic N) is 1. The van der Waals surface area contributed by atoms with Gasteiger partial charge in [0, 0.05) is 10.6 Å². The first kappa shape index (κ1) is 21.3. The van der Waals surface area contributed by atoms with E-state index in [1.54, 1.807) is 32.0 Å². The van der Waals surface area contributed by atoms with Crippen LogP contribution in [0.1, 0.15) is 30.9 Å². The van der Waals surface area contributed by atoms with E-state index in [9.17, 15) is 10.1 Å². The Bertz CT molecular complexity index is 1050. The zero-order valence-electron chi connectivity index (χ0n) is 16.6. The van der Waals surface area contributed by atoms with Crippen LogP contribution >= 0.6 is 11.6 Å². The number of benzene rings is 2. The van der Waals surface area contributed by atoms with E-state index in [0.29, 0.717) is 22.9 Å². The Morgan fingerprint density at radius 1 is 1.27 bits per heavy atom. The average Bonchev–Trinajstić information content (AvgIpc) is 2.73. The van der Waals surface area contributed by atoms with Gasteiger partial charge in [0.2, 0.25) is 5.88 Å². The summed E-state index contributed by atoms with van der Waals surface area (Å²) >= 11 is 6.26. The summed E-state index contributed by atoms with van der Waals surface area (Å²) in [6, 6.07) is 16.8. The van der Waals surface area contributed by atoms with Crippen molar-refractivity contribution in [1.82, 2.24) is 0 Å². The van der Waals surface area contributed by atoms with Crippen molar-refractivity contribution < 1.29 is 19.0 Å². The SMILES string of the molecule is CCOC(=O)C1=C(C)OC(N)=C(C#N)C1c1cc(Cl)ccc1OCc1ccccc1. The van der Waals surface area contributed by atoms with Crippen molar-refractivity contribution in [3.63, 3.8) is 0 Å². The molecular formula is C23H21ClN2O4. The van der Waals surface area contributed by atoms with E-state index in [1.807, 2.05) is 30.3 Å². The standard InChI is InChI=1S/C23H21ClN2O4/c1-3-28-23(27)20-14(2)30-22(26)18(12-25)21(20)17-11-16(24)9-10-19(17)29-13-15-7-5-4-6-8-15/h4-11,21H,3,13,26H2,1-2H3. The van der Waals surface area contributed by atoms with Crippen molar-refractivity contribution >= 4 is 17.6 Å². The fourth-order valence-electron chi connectivity index (χ4n) is 3.28. The maximum Gasteiger partial charge on any atom is 0.338 e. The van der Waals surface area contributed by atoms with Gasteiger partial charge in [-0.05, 0) is 37.6 Å². The first-order valence-corrected chi connectivity index (χ1v) is 9.75. The van der Waals surface area contributed by atoms with Gasteiger partial charge in [-0.15, -0.1) is 0 Å². The highest BCUT2D eigenvalue weighted by Gasteiger charge is 2.38. The molecule has 0 saturated carbocycles. The Balaban J connectivity index is 2.09. The molecular weight excluding hydrogens is 404 g/mol. The number of nitrogens with two attached hydrogens (primary N) is 1. The van der Waals surface area contributed by atoms with Gasteiger partial charge in [0.1, 0.15) is 29.8 Å². The third-order valence-electron chi connectivity index (χ3n) is 4.62. The Morgan fingerprint density at radius 3 is 2.67 bits per heavy atom. The smallest absolute Gasteiger partial charge is 0.338 e. The molecule has 0 aliphatic carbocycles. The quantitative estimate of drug-likeness (QED) is 0.683. The molecule has 0 amide bonds. The lowest BCUT2D eigenvalue weighted by molar-refractivity contribution is -0.139. The summed E-state index contributed by atoms with van der Waals surface area (Å²) in [7, 11) is 0. The van der Waals surface area contributed by atoms with Gasteiger partial charge in [-0.2, -0.15) is 5.26 Å². The van der Waals surface area contributed by atoms with E-state index in [2.05, 4.69) is 6.07 Å². The van der Waals surface area contributed by atoms with E-state index in [4.69, 9.17) is 31.5 Å². The molecule has 0 saturated heterocycles. The highest BCUT2D eigenvalue weighted by atomic mass is 35.5. The minimum absolute atomic E-state index is 0.0676. The van der Waals surface area contributed by atoms with Crippen LogP contribution in [-0.2, 0) is 20.9 Å². The van der Waals surface area contributed by atoms with Gasteiger partial charge in [0.25, 0.3) is 0 Å². The van der Waals surface area contributed by atoms with Crippen LogP contribution in [-0.4, -0.2) is 12.6 Å². The second-order valence-electron chi connectivity index (χ2n) is 6.57. The molecule has 2 N–H and O–H groups in total. The van der Waals surface area contributed by atoms with Gasteiger partial charge in [-0.3, -0.25) is 0 Å². The van der Waals surface area contributed by atoms with E-state index in [1.165, 1.54) is 0 Å². The number of esters is 1. The second-order valence-corrected chi connectivity index (χ2v) is 7.01. The number of hydrogen-bond donors (Lipinski definition) is 1. The summed E-state index contributed by atoms with van der Waals surface area (Å²) in [6.45, 7) is 3.79. The second kappa shape index (κ2) is 9.38. The Labute approximate surface area is 180 Å². The minimum atomic E-state index is -0.827. The first-order valence-electron chi connectivity index (χ1n) is 9.37. The molecule has 0 radical (unpaired) electrons. The van der Waals surface area contributed by atoms with Crippen molar-refractivity contribution in [3.05, 3.63) is 87.5 Å². The number of rotatable bonds is 6. The van der Waals surface area contributed by atoms with Gasteiger partial charge < -0.3 is 19.9 Å². The lowest BCUT2D eigenvalue weighted by Crippen LogP contribution is -2.26. The highest BCUT2D eigenvalue weighted by Crippen LogP contribution is 2.44. The Hall–Kier alpha value is -3.43. The predicted octanol–water partition coefficient (Wildman–Crippen LogP) is 4.56. The first-order chi connectivity index (χ1) is 14.5. The molecule has 0 aromatic heterocycles. The number of allylic oxidation sites excluding steroid dienone is 2. The Morgan fingerprint density at radius 2 is 2.00 bits per heavy atom. The maximum absolute atomic E-state index is 12.7. The summed E-state index contributed by atoms with van der Waals surface area (Å²) in [5, 5.41) is 10.2. The van der Waals surface area contributed by atoms with Crippen LogP contribution in [0.3, 0.4) is 0 Å². The highest BCUT2D eigenvalue weighted by molar-refractivity contribution is 6.30. The molecule has 1 atom stereocenters. The summed E-state index contributed by atoms with van der Waals surface area (Å²) < 4.78 is 16.7. The van der Waals surface area contributed by atoms with Crippen LogP contribution in [0.15, 0.2) is 71.3 Å². The molecule has 7 heteroatoms. The molecule has 30 heavy (non-hydrogen) atoms. The molecule has 2 aromatic rings. The lowest BCUT2D eigenvalue weighted by Gasteiger charge is -2.28. The van der Waals surface area contributed by atoms with Crippen molar-refractivity contribution in [2.24, 2.45) is 5.73 Å². The van der Waals surface area contributed by atoms with Crippen LogP contribution in [0.4, 0.5) is 0 Å². The molecule has 1 heterocycles. The van der Waals surface area contributed by atoms with Crippen LogP contribution in [0.5, 0.6) is 5.75 Å². The molecule has 0 bridgehead atoms. The summed E-state index contributed by atoms with van der Waals surface area (Å²) in [6.07, 6.45) is 0. The van der Waals surface area contributed by atoms with E-state index >= 15 is 0 Å². The van der Waals surface area contributed by atoms with Gasteiger partial charge in [0.15, 0.2) is 0 Å². The van der Waals surface area contributed by atoms with Crippen LogP contribution in [0, 0.1) is 11.3 Å².